The Hall–Kier alpha value is -1.04. The molecule has 1 aliphatic heterocycles. The molecule has 1 unspecified atom stereocenters. The van der Waals surface area contributed by atoms with E-state index in [1.54, 1.807) is 0 Å². The summed E-state index contributed by atoms with van der Waals surface area (Å²) in [5.41, 5.74) is 0. The predicted octanol–water partition coefficient (Wildman–Crippen LogP) is 2.33. The molecule has 1 amide bonds. The zero-order valence-corrected chi connectivity index (χ0v) is 9.54. The number of carbonyl (C=O) groups is 1. The van der Waals surface area contributed by atoms with Gasteiger partial charge in [0.2, 0.25) is 5.91 Å². The van der Waals surface area contributed by atoms with Gasteiger partial charge in [0.25, 0.3) is 0 Å². The van der Waals surface area contributed by atoms with Gasteiger partial charge >= 0.3 is 0 Å². The van der Waals surface area contributed by atoms with Crippen LogP contribution in [0.25, 0.3) is 0 Å². The van der Waals surface area contributed by atoms with Crippen molar-refractivity contribution in [1.82, 2.24) is 4.90 Å². The van der Waals surface area contributed by atoms with E-state index in [9.17, 15) is 4.79 Å². The minimum Gasteiger partial charge on any atom is -0.342 e. The summed E-state index contributed by atoms with van der Waals surface area (Å²) in [6.45, 7) is 3.67. The van der Waals surface area contributed by atoms with Crippen LogP contribution in [0.15, 0.2) is 0 Å². The molecule has 0 aromatic heterocycles. The molecule has 1 atom stereocenters. The Morgan fingerprint density at radius 3 is 3.00 bits per heavy atom. The Balaban J connectivity index is 2.41. The maximum Gasteiger partial charge on any atom is 0.222 e. The molecule has 0 aliphatic carbocycles. The van der Waals surface area contributed by atoms with Crippen molar-refractivity contribution < 1.29 is 4.79 Å². The number of nitriles is 1. The molecule has 0 N–H and O–H groups in total. The van der Waals surface area contributed by atoms with Crippen molar-refractivity contribution >= 4 is 5.91 Å². The lowest BCUT2D eigenvalue weighted by Gasteiger charge is -2.19. The summed E-state index contributed by atoms with van der Waals surface area (Å²) >= 11 is 0. The third-order valence-corrected chi connectivity index (χ3v) is 3.12. The Labute approximate surface area is 92.1 Å². The molecular formula is C12H20N2O. The molecule has 15 heavy (non-hydrogen) atoms. The molecule has 0 bridgehead atoms. The fourth-order valence-electron chi connectivity index (χ4n) is 2.21. The van der Waals surface area contributed by atoms with E-state index < -0.39 is 0 Å². The highest BCUT2D eigenvalue weighted by Crippen LogP contribution is 2.22. The number of likely N-dealkylation sites (tertiary alicyclic amines) is 1. The van der Waals surface area contributed by atoms with Crippen molar-refractivity contribution in [1.29, 1.82) is 5.26 Å². The van der Waals surface area contributed by atoms with E-state index in [1.807, 2.05) is 4.90 Å². The van der Waals surface area contributed by atoms with Crippen LogP contribution < -0.4 is 0 Å². The van der Waals surface area contributed by atoms with Crippen molar-refractivity contribution in [3.05, 3.63) is 0 Å². The number of amides is 1. The first-order valence-corrected chi connectivity index (χ1v) is 5.92. The van der Waals surface area contributed by atoms with Crippen LogP contribution in [0.1, 0.15) is 45.4 Å². The molecule has 84 valence electrons. The van der Waals surface area contributed by atoms with E-state index >= 15 is 0 Å². The Morgan fingerprint density at radius 2 is 2.33 bits per heavy atom. The summed E-state index contributed by atoms with van der Waals surface area (Å²) in [6.07, 6.45) is 5.73. The molecule has 3 nitrogen and oxygen atoms in total. The second kappa shape index (κ2) is 6.44. The van der Waals surface area contributed by atoms with Gasteiger partial charge in [-0.3, -0.25) is 4.79 Å². The SMILES string of the molecule is CCCC1CCC(=O)N(CCC#N)CC1. The van der Waals surface area contributed by atoms with Gasteiger partial charge in [0.1, 0.15) is 0 Å². The molecular weight excluding hydrogens is 188 g/mol. The maximum atomic E-state index is 11.7. The predicted molar refractivity (Wildman–Crippen MR) is 59.1 cm³/mol. The van der Waals surface area contributed by atoms with Gasteiger partial charge in [-0.25, -0.2) is 0 Å². The van der Waals surface area contributed by atoms with Gasteiger partial charge in [-0.05, 0) is 18.8 Å². The quantitative estimate of drug-likeness (QED) is 0.711. The minimum atomic E-state index is 0.240. The zero-order chi connectivity index (χ0) is 11.1. The number of carbonyl (C=O) groups excluding carboxylic acids is 1. The van der Waals surface area contributed by atoms with Crippen LogP contribution >= 0.6 is 0 Å². The van der Waals surface area contributed by atoms with E-state index in [1.165, 1.54) is 12.8 Å². The Kier molecular flexibility index (Phi) is 5.17. The van der Waals surface area contributed by atoms with Crippen LogP contribution in [0.5, 0.6) is 0 Å². The second-order valence-electron chi connectivity index (χ2n) is 4.27. The van der Waals surface area contributed by atoms with E-state index in [2.05, 4.69) is 13.0 Å². The molecule has 1 saturated heterocycles. The first-order chi connectivity index (χ1) is 7.27. The molecule has 0 aromatic carbocycles. The molecule has 0 saturated carbocycles. The third-order valence-electron chi connectivity index (χ3n) is 3.12. The van der Waals surface area contributed by atoms with Crippen LogP contribution in [0.2, 0.25) is 0 Å². The Bertz CT molecular complexity index is 244. The first kappa shape index (κ1) is 12.0. The summed E-state index contributed by atoms with van der Waals surface area (Å²) in [4.78, 5) is 13.5. The van der Waals surface area contributed by atoms with Gasteiger partial charge in [0.15, 0.2) is 0 Å². The fraction of sp³-hybridized carbons (Fsp3) is 0.833. The summed E-state index contributed by atoms with van der Waals surface area (Å²) in [6, 6.07) is 2.10. The van der Waals surface area contributed by atoms with Crippen LogP contribution in [-0.4, -0.2) is 23.9 Å². The molecule has 0 aromatic rings. The van der Waals surface area contributed by atoms with Crippen molar-refractivity contribution in [3.63, 3.8) is 0 Å². The van der Waals surface area contributed by atoms with E-state index in [0.717, 1.165) is 19.4 Å². The van der Waals surface area contributed by atoms with E-state index in [4.69, 9.17) is 5.26 Å². The number of hydrogen-bond donors (Lipinski definition) is 0. The fourth-order valence-corrected chi connectivity index (χ4v) is 2.21. The van der Waals surface area contributed by atoms with Gasteiger partial charge in [-0.2, -0.15) is 5.26 Å². The minimum absolute atomic E-state index is 0.240. The lowest BCUT2D eigenvalue weighted by molar-refractivity contribution is -0.130. The van der Waals surface area contributed by atoms with Gasteiger partial charge in [-0.1, -0.05) is 19.8 Å². The van der Waals surface area contributed by atoms with Crippen molar-refractivity contribution in [2.45, 2.75) is 45.4 Å². The molecule has 3 heteroatoms. The average molecular weight is 208 g/mol. The summed E-state index contributed by atoms with van der Waals surface area (Å²) in [5.74, 6) is 0.954. The Morgan fingerprint density at radius 1 is 1.53 bits per heavy atom. The molecule has 1 rings (SSSR count). The number of rotatable bonds is 4. The number of hydrogen-bond acceptors (Lipinski definition) is 2. The van der Waals surface area contributed by atoms with E-state index in [0.29, 0.717) is 25.3 Å². The van der Waals surface area contributed by atoms with E-state index in [-0.39, 0.29) is 5.91 Å². The molecule has 0 spiro atoms. The number of nitrogens with zero attached hydrogens (tertiary/aromatic N) is 2. The summed E-state index contributed by atoms with van der Waals surface area (Å²) in [7, 11) is 0. The van der Waals surface area contributed by atoms with Crippen molar-refractivity contribution in [2.75, 3.05) is 13.1 Å². The van der Waals surface area contributed by atoms with Gasteiger partial charge in [0.05, 0.1) is 12.5 Å². The molecule has 1 aliphatic rings. The largest absolute Gasteiger partial charge is 0.342 e. The standard InChI is InChI=1S/C12H20N2O/c1-2-4-11-5-6-12(15)14(10-7-11)9-3-8-13/h11H,2-7,9-10H2,1H3. The van der Waals surface area contributed by atoms with Crippen LogP contribution in [0.4, 0.5) is 0 Å². The van der Waals surface area contributed by atoms with Crippen molar-refractivity contribution in [3.8, 4) is 6.07 Å². The molecule has 0 radical (unpaired) electrons. The van der Waals surface area contributed by atoms with Gasteiger partial charge in [-0.15, -0.1) is 0 Å². The normalized spacial score (nSPS) is 22.3. The summed E-state index contributed by atoms with van der Waals surface area (Å²) in [5, 5.41) is 8.50. The maximum absolute atomic E-state index is 11.7. The van der Waals surface area contributed by atoms with Crippen LogP contribution in [0, 0.1) is 17.2 Å². The lowest BCUT2D eigenvalue weighted by atomic mass is 9.96. The highest BCUT2D eigenvalue weighted by molar-refractivity contribution is 5.76. The van der Waals surface area contributed by atoms with Gasteiger partial charge in [0, 0.05) is 19.5 Å². The second-order valence-corrected chi connectivity index (χ2v) is 4.27. The zero-order valence-electron chi connectivity index (χ0n) is 9.54. The highest BCUT2D eigenvalue weighted by Gasteiger charge is 2.21. The average Bonchev–Trinajstić information content (AvgIpc) is 2.40. The third kappa shape index (κ3) is 3.91. The summed E-state index contributed by atoms with van der Waals surface area (Å²) < 4.78 is 0. The smallest absolute Gasteiger partial charge is 0.222 e. The monoisotopic (exact) mass is 208 g/mol. The van der Waals surface area contributed by atoms with Gasteiger partial charge < -0.3 is 4.90 Å². The highest BCUT2D eigenvalue weighted by atomic mass is 16.2. The van der Waals surface area contributed by atoms with Crippen molar-refractivity contribution in [2.24, 2.45) is 5.92 Å². The first-order valence-electron chi connectivity index (χ1n) is 5.92. The molecule has 1 heterocycles. The van der Waals surface area contributed by atoms with Crippen LogP contribution in [-0.2, 0) is 4.79 Å². The molecule has 1 fully saturated rings. The lowest BCUT2D eigenvalue weighted by Crippen LogP contribution is -2.31. The topological polar surface area (TPSA) is 44.1 Å². The van der Waals surface area contributed by atoms with Crippen LogP contribution in [0.3, 0.4) is 0 Å².